The molecular weight excluding hydrogens is 684 g/mol. The van der Waals surface area contributed by atoms with Gasteiger partial charge in [-0.05, 0) is 47.5 Å². The molecule has 4 rings (SSSR count). The standard InChI is InChI=1S/C33H40O18/c1-44-19-10-16(4-7-18(19)36)5-9-25(38)49-31-28(41)23(14-35)50-33(31,51-32-30(43)29(42)27(40)22(13-34)48-32)15-47-24(37)8-6-17-11-20(45-2)26(39)21(12-17)46-3/h4-12,22-23,27-32,34-36,39-43H,13-15H2,1-3H3/b8-6+,9-5+/t22-,23-,27-,28-,29+,30-,31+,32-,33+/m1/s1. The molecule has 2 aliphatic rings. The highest BCUT2D eigenvalue weighted by atomic mass is 16.8. The fourth-order valence-corrected chi connectivity index (χ4v) is 5.28. The van der Waals surface area contributed by atoms with Crippen molar-refractivity contribution in [2.45, 2.75) is 54.8 Å². The number of carbonyl (C=O) groups is 2. The van der Waals surface area contributed by atoms with Crippen molar-refractivity contribution in [3.8, 4) is 28.7 Å². The third kappa shape index (κ3) is 8.87. The van der Waals surface area contributed by atoms with E-state index in [9.17, 15) is 50.4 Å². The molecule has 9 atom stereocenters. The van der Waals surface area contributed by atoms with Gasteiger partial charge in [-0.1, -0.05) is 6.07 Å². The molecule has 51 heavy (non-hydrogen) atoms. The van der Waals surface area contributed by atoms with Crippen molar-refractivity contribution in [3.63, 3.8) is 0 Å². The summed E-state index contributed by atoms with van der Waals surface area (Å²) in [6, 6.07) is 6.98. The predicted molar refractivity (Wildman–Crippen MR) is 170 cm³/mol. The first-order valence-corrected chi connectivity index (χ1v) is 15.3. The third-order valence-corrected chi connectivity index (χ3v) is 8.01. The first kappa shape index (κ1) is 39.3. The van der Waals surface area contributed by atoms with Crippen molar-refractivity contribution in [1.82, 2.24) is 0 Å². The summed E-state index contributed by atoms with van der Waals surface area (Å²) < 4.78 is 43.2. The van der Waals surface area contributed by atoms with Crippen LogP contribution in [0.25, 0.3) is 12.2 Å². The number of esters is 2. The number of aliphatic hydroxyl groups excluding tert-OH is 6. The average Bonchev–Trinajstić information content (AvgIpc) is 3.39. The lowest BCUT2D eigenvalue weighted by atomic mass is 9.99. The molecule has 2 saturated heterocycles. The maximum atomic E-state index is 13.1. The first-order valence-electron chi connectivity index (χ1n) is 15.3. The molecule has 2 aliphatic heterocycles. The smallest absolute Gasteiger partial charge is 0.331 e. The molecular formula is C33H40O18. The van der Waals surface area contributed by atoms with E-state index in [1.807, 2.05) is 0 Å². The highest BCUT2D eigenvalue weighted by molar-refractivity contribution is 5.88. The summed E-state index contributed by atoms with van der Waals surface area (Å²) in [4.78, 5) is 26.0. The number of aliphatic hydroxyl groups is 6. The van der Waals surface area contributed by atoms with Gasteiger partial charge >= 0.3 is 11.9 Å². The van der Waals surface area contributed by atoms with Crippen LogP contribution >= 0.6 is 0 Å². The van der Waals surface area contributed by atoms with E-state index < -0.39 is 86.6 Å². The molecule has 2 aromatic rings. The van der Waals surface area contributed by atoms with Crippen LogP contribution in [0.3, 0.4) is 0 Å². The van der Waals surface area contributed by atoms with Gasteiger partial charge in [0.2, 0.25) is 11.5 Å². The van der Waals surface area contributed by atoms with E-state index in [2.05, 4.69) is 0 Å². The molecule has 280 valence electrons. The molecule has 0 saturated carbocycles. The van der Waals surface area contributed by atoms with Crippen LogP contribution < -0.4 is 14.2 Å². The van der Waals surface area contributed by atoms with Gasteiger partial charge in [-0.3, -0.25) is 0 Å². The van der Waals surface area contributed by atoms with Gasteiger partial charge in [-0.2, -0.15) is 0 Å². The Morgan fingerprint density at radius 2 is 1.35 bits per heavy atom. The van der Waals surface area contributed by atoms with Gasteiger partial charge < -0.3 is 78.7 Å². The second-order valence-electron chi connectivity index (χ2n) is 11.3. The summed E-state index contributed by atoms with van der Waals surface area (Å²) in [6.07, 6.45) is -9.92. The van der Waals surface area contributed by atoms with Crippen LogP contribution in [0.1, 0.15) is 11.1 Å². The lowest BCUT2D eigenvalue weighted by Crippen LogP contribution is -2.63. The van der Waals surface area contributed by atoms with E-state index in [1.165, 1.54) is 63.8 Å². The van der Waals surface area contributed by atoms with Gasteiger partial charge in [0.15, 0.2) is 35.4 Å². The number of benzene rings is 2. The fraction of sp³-hybridized carbons (Fsp3) is 0.455. The fourth-order valence-electron chi connectivity index (χ4n) is 5.28. The zero-order valence-electron chi connectivity index (χ0n) is 27.6. The van der Waals surface area contributed by atoms with Crippen LogP contribution in [-0.2, 0) is 33.3 Å². The van der Waals surface area contributed by atoms with Crippen LogP contribution in [0.15, 0.2) is 42.5 Å². The van der Waals surface area contributed by atoms with Crippen LogP contribution in [0.2, 0.25) is 0 Å². The van der Waals surface area contributed by atoms with Gasteiger partial charge in [0, 0.05) is 12.2 Å². The number of carbonyl (C=O) groups excluding carboxylic acids is 2. The number of aromatic hydroxyl groups is 2. The molecule has 2 fully saturated rings. The highest BCUT2D eigenvalue weighted by Gasteiger charge is 2.61. The molecule has 0 amide bonds. The molecule has 18 heteroatoms. The minimum absolute atomic E-state index is 0.0425. The minimum atomic E-state index is -2.54. The number of ether oxygens (including phenoxy) is 8. The zero-order chi connectivity index (χ0) is 37.5. The Morgan fingerprint density at radius 3 is 1.96 bits per heavy atom. The van der Waals surface area contributed by atoms with Crippen molar-refractivity contribution < 1.29 is 88.3 Å². The Bertz CT molecular complexity index is 1550. The maximum Gasteiger partial charge on any atom is 0.331 e. The van der Waals surface area contributed by atoms with Crippen molar-refractivity contribution in [2.75, 3.05) is 41.2 Å². The molecule has 0 radical (unpaired) electrons. The molecule has 18 nitrogen and oxygen atoms in total. The number of methoxy groups -OCH3 is 3. The van der Waals surface area contributed by atoms with E-state index >= 15 is 0 Å². The van der Waals surface area contributed by atoms with Crippen molar-refractivity contribution in [2.24, 2.45) is 0 Å². The van der Waals surface area contributed by atoms with E-state index in [0.29, 0.717) is 11.1 Å². The Kier molecular flexibility index (Phi) is 13.2. The van der Waals surface area contributed by atoms with Gasteiger partial charge in [-0.15, -0.1) is 0 Å². The van der Waals surface area contributed by atoms with Gasteiger partial charge in [-0.25, -0.2) is 9.59 Å². The molecule has 0 aromatic heterocycles. The van der Waals surface area contributed by atoms with Gasteiger partial charge in [0.25, 0.3) is 0 Å². The van der Waals surface area contributed by atoms with Crippen molar-refractivity contribution >= 4 is 24.1 Å². The Hall–Kier alpha value is -4.50. The second-order valence-corrected chi connectivity index (χ2v) is 11.3. The SMILES string of the molecule is COc1cc(/C=C/C(=O)O[C@H]2[C@H](O)[C@@H](CO)O[C@@]2(COC(=O)/C=C/c2cc(OC)c(O)c(OC)c2)O[C@H]2O[C@H](CO)[C@@H](O)[C@H](O)[C@H]2O)ccc1O. The molecule has 0 bridgehead atoms. The van der Waals surface area contributed by atoms with Crippen LogP contribution in [0.4, 0.5) is 0 Å². The lowest BCUT2D eigenvalue weighted by molar-refractivity contribution is -0.383. The van der Waals surface area contributed by atoms with Crippen molar-refractivity contribution in [1.29, 1.82) is 0 Å². The Balaban J connectivity index is 1.64. The number of phenolic OH excluding ortho intramolecular Hbond substituents is 2. The van der Waals surface area contributed by atoms with E-state index in [-0.39, 0.29) is 28.7 Å². The lowest BCUT2D eigenvalue weighted by Gasteiger charge is -2.43. The summed E-state index contributed by atoms with van der Waals surface area (Å²) in [5, 5.41) is 82.1. The van der Waals surface area contributed by atoms with E-state index in [1.54, 1.807) is 0 Å². The van der Waals surface area contributed by atoms with Crippen molar-refractivity contribution in [3.05, 3.63) is 53.6 Å². The second kappa shape index (κ2) is 17.1. The van der Waals surface area contributed by atoms with Gasteiger partial charge in [0.1, 0.15) is 43.2 Å². The third-order valence-electron chi connectivity index (χ3n) is 8.01. The van der Waals surface area contributed by atoms with Crippen LogP contribution in [0, 0.1) is 0 Å². The molecule has 2 heterocycles. The largest absolute Gasteiger partial charge is 0.504 e. The summed E-state index contributed by atoms with van der Waals surface area (Å²) in [7, 11) is 3.95. The van der Waals surface area contributed by atoms with Crippen LogP contribution in [-0.4, -0.2) is 149 Å². The first-order chi connectivity index (χ1) is 24.3. The van der Waals surface area contributed by atoms with E-state index in [0.717, 1.165) is 12.2 Å². The molecule has 0 aliphatic carbocycles. The molecule has 2 aromatic carbocycles. The van der Waals surface area contributed by atoms with Gasteiger partial charge in [0.05, 0.1) is 34.5 Å². The summed E-state index contributed by atoms with van der Waals surface area (Å²) in [5.74, 6) is -4.92. The predicted octanol–water partition coefficient (Wildman–Crippen LogP) is -1.43. The molecule has 0 unspecified atom stereocenters. The number of rotatable bonds is 14. The summed E-state index contributed by atoms with van der Waals surface area (Å²) in [6.45, 7) is -2.69. The number of hydrogen-bond donors (Lipinski definition) is 8. The average molecular weight is 725 g/mol. The quantitative estimate of drug-likeness (QED) is 0.0819. The summed E-state index contributed by atoms with van der Waals surface area (Å²) in [5.41, 5.74) is 0.731. The maximum absolute atomic E-state index is 13.1. The molecule has 8 N–H and O–H groups in total. The Morgan fingerprint density at radius 1 is 0.765 bits per heavy atom. The molecule has 0 spiro atoms. The number of phenols is 2. The zero-order valence-corrected chi connectivity index (χ0v) is 27.6. The minimum Gasteiger partial charge on any atom is -0.504 e. The number of hydrogen-bond acceptors (Lipinski definition) is 18. The van der Waals surface area contributed by atoms with E-state index in [4.69, 9.17) is 37.9 Å². The normalized spacial score (nSPS) is 29.3. The highest BCUT2D eigenvalue weighted by Crippen LogP contribution is 2.40. The Labute approximate surface area is 290 Å². The summed E-state index contributed by atoms with van der Waals surface area (Å²) >= 11 is 0. The topological polar surface area (TPSA) is 270 Å². The monoisotopic (exact) mass is 724 g/mol. The van der Waals surface area contributed by atoms with Crippen LogP contribution in [0.5, 0.6) is 28.7 Å².